The number of benzene rings is 1. The average Bonchev–Trinajstić information content (AvgIpc) is 3.28. The van der Waals surface area contributed by atoms with Crippen molar-refractivity contribution < 1.29 is 39.4 Å². The first-order valence-corrected chi connectivity index (χ1v) is 10.6. The summed E-state index contributed by atoms with van der Waals surface area (Å²) in [6, 6.07) is 7.17. The summed E-state index contributed by atoms with van der Waals surface area (Å²) < 4.78 is 17.3. The third kappa shape index (κ3) is 5.81. The number of aliphatic hydroxyl groups excluding tert-OH is 4. The van der Waals surface area contributed by atoms with E-state index in [1.165, 1.54) is 10.9 Å². The molecular formula is C21H29N3O8. The first kappa shape index (κ1) is 24.1. The van der Waals surface area contributed by atoms with Crippen LogP contribution in [0.3, 0.4) is 0 Å². The highest BCUT2D eigenvalue weighted by Gasteiger charge is 2.44. The van der Waals surface area contributed by atoms with Gasteiger partial charge in [-0.2, -0.15) is 0 Å². The van der Waals surface area contributed by atoms with Crippen molar-refractivity contribution in [2.24, 2.45) is 0 Å². The van der Waals surface area contributed by atoms with Crippen molar-refractivity contribution in [2.75, 3.05) is 19.8 Å². The third-order valence-corrected chi connectivity index (χ3v) is 5.14. The summed E-state index contributed by atoms with van der Waals surface area (Å²) in [7, 11) is 0. The summed E-state index contributed by atoms with van der Waals surface area (Å²) in [4.78, 5) is 11.3. The molecule has 1 fully saturated rings. The Morgan fingerprint density at radius 2 is 1.88 bits per heavy atom. The zero-order valence-electron chi connectivity index (χ0n) is 17.8. The summed E-state index contributed by atoms with van der Waals surface area (Å²) in [6.45, 7) is 2.12. The van der Waals surface area contributed by atoms with Crippen LogP contribution in [0.2, 0.25) is 0 Å². The smallest absolute Gasteiger partial charge is 0.305 e. The van der Waals surface area contributed by atoms with Crippen molar-refractivity contribution >= 4 is 5.97 Å². The molecule has 0 amide bonds. The number of aromatic nitrogens is 3. The van der Waals surface area contributed by atoms with E-state index >= 15 is 0 Å². The Labute approximate surface area is 185 Å². The maximum absolute atomic E-state index is 11.3. The van der Waals surface area contributed by atoms with E-state index in [0.29, 0.717) is 37.5 Å². The topological polar surface area (TPSA) is 156 Å². The minimum Gasteiger partial charge on any atom is -0.494 e. The largest absolute Gasteiger partial charge is 0.494 e. The standard InChI is InChI=1S/C21H29N3O8/c1-2-30-17(26)5-3-4-10-31-14-8-6-13(7-9-14)15-11-24(23-22-15)21-20(29)19(28)18(27)16(12-25)32-21/h6-9,11,16,18-21,25,27-29H,2-5,10,12H2,1H3/t16-,18-,19+,20+,21+/m1/s1. The minimum absolute atomic E-state index is 0.200. The summed E-state index contributed by atoms with van der Waals surface area (Å²) >= 11 is 0. The monoisotopic (exact) mass is 451 g/mol. The average molecular weight is 451 g/mol. The van der Waals surface area contributed by atoms with E-state index in [9.17, 15) is 25.2 Å². The second kappa shape index (κ2) is 11.3. The number of rotatable bonds is 10. The van der Waals surface area contributed by atoms with Crippen molar-refractivity contribution in [1.82, 2.24) is 15.0 Å². The molecule has 2 heterocycles. The molecule has 1 aromatic heterocycles. The summed E-state index contributed by atoms with van der Waals surface area (Å²) in [5, 5.41) is 47.4. The molecule has 176 valence electrons. The highest BCUT2D eigenvalue weighted by Crippen LogP contribution is 2.29. The fourth-order valence-electron chi connectivity index (χ4n) is 3.35. The molecule has 5 atom stereocenters. The van der Waals surface area contributed by atoms with Gasteiger partial charge in [0.2, 0.25) is 0 Å². The van der Waals surface area contributed by atoms with Crippen molar-refractivity contribution in [3.63, 3.8) is 0 Å². The van der Waals surface area contributed by atoms with Crippen LogP contribution in [-0.2, 0) is 14.3 Å². The van der Waals surface area contributed by atoms with Crippen molar-refractivity contribution in [1.29, 1.82) is 0 Å². The maximum atomic E-state index is 11.3. The van der Waals surface area contributed by atoms with Gasteiger partial charge in [0.15, 0.2) is 6.23 Å². The van der Waals surface area contributed by atoms with Crippen LogP contribution >= 0.6 is 0 Å². The van der Waals surface area contributed by atoms with E-state index < -0.39 is 37.3 Å². The molecule has 0 spiro atoms. The van der Waals surface area contributed by atoms with Crippen LogP contribution in [0.15, 0.2) is 30.5 Å². The first-order valence-electron chi connectivity index (χ1n) is 10.6. The molecule has 1 aromatic carbocycles. The number of unbranched alkanes of at least 4 members (excludes halogenated alkanes) is 1. The Kier molecular flexibility index (Phi) is 8.53. The van der Waals surface area contributed by atoms with Gasteiger partial charge in [-0.3, -0.25) is 4.79 Å². The van der Waals surface area contributed by atoms with Crippen LogP contribution in [0.5, 0.6) is 5.75 Å². The van der Waals surface area contributed by atoms with Crippen LogP contribution in [-0.4, -0.2) is 85.6 Å². The van der Waals surface area contributed by atoms with E-state index in [1.54, 1.807) is 31.2 Å². The van der Waals surface area contributed by atoms with E-state index in [-0.39, 0.29) is 5.97 Å². The van der Waals surface area contributed by atoms with E-state index in [2.05, 4.69) is 10.3 Å². The van der Waals surface area contributed by atoms with Gasteiger partial charge in [-0.25, -0.2) is 4.68 Å². The molecule has 0 unspecified atom stereocenters. The van der Waals surface area contributed by atoms with E-state index in [1.807, 2.05) is 0 Å². The van der Waals surface area contributed by atoms with Gasteiger partial charge in [-0.1, -0.05) is 5.21 Å². The zero-order valence-corrected chi connectivity index (χ0v) is 17.8. The van der Waals surface area contributed by atoms with Gasteiger partial charge in [0, 0.05) is 12.0 Å². The van der Waals surface area contributed by atoms with Crippen LogP contribution in [0.25, 0.3) is 11.3 Å². The van der Waals surface area contributed by atoms with E-state index in [0.717, 1.165) is 12.0 Å². The molecule has 1 aliphatic heterocycles. The number of hydrogen-bond donors (Lipinski definition) is 4. The quantitative estimate of drug-likeness (QED) is 0.287. The lowest BCUT2D eigenvalue weighted by Gasteiger charge is -2.39. The van der Waals surface area contributed by atoms with Gasteiger partial charge in [-0.15, -0.1) is 5.10 Å². The Balaban J connectivity index is 1.54. The molecule has 1 aliphatic rings. The lowest BCUT2D eigenvalue weighted by atomic mass is 9.98. The number of aliphatic hydroxyl groups is 4. The molecule has 2 aromatic rings. The summed E-state index contributed by atoms with van der Waals surface area (Å²) in [5.74, 6) is 0.472. The van der Waals surface area contributed by atoms with Gasteiger partial charge in [0.1, 0.15) is 35.9 Å². The Morgan fingerprint density at radius 1 is 1.12 bits per heavy atom. The highest BCUT2D eigenvalue weighted by atomic mass is 16.6. The van der Waals surface area contributed by atoms with Gasteiger partial charge in [-0.05, 0) is 44.0 Å². The number of carbonyl (C=O) groups is 1. The third-order valence-electron chi connectivity index (χ3n) is 5.14. The van der Waals surface area contributed by atoms with Crippen LogP contribution in [0.4, 0.5) is 0 Å². The molecule has 11 heteroatoms. The molecule has 0 bridgehead atoms. The van der Waals surface area contributed by atoms with Crippen molar-refractivity contribution in [3.8, 4) is 17.0 Å². The van der Waals surface area contributed by atoms with Gasteiger partial charge >= 0.3 is 5.97 Å². The van der Waals surface area contributed by atoms with Gasteiger partial charge < -0.3 is 34.6 Å². The van der Waals surface area contributed by atoms with Gasteiger partial charge in [0.05, 0.1) is 26.0 Å². The molecular weight excluding hydrogens is 422 g/mol. The molecule has 0 saturated carbocycles. The second-order valence-corrected chi connectivity index (χ2v) is 7.44. The molecule has 32 heavy (non-hydrogen) atoms. The molecule has 0 radical (unpaired) electrons. The fourth-order valence-corrected chi connectivity index (χ4v) is 3.35. The Bertz CT molecular complexity index is 857. The number of ether oxygens (including phenoxy) is 3. The molecule has 11 nitrogen and oxygen atoms in total. The fraction of sp³-hybridized carbons (Fsp3) is 0.571. The van der Waals surface area contributed by atoms with Gasteiger partial charge in [0.25, 0.3) is 0 Å². The number of nitrogens with zero attached hydrogens (tertiary/aromatic N) is 3. The Hall–Kier alpha value is -2.57. The number of carbonyl (C=O) groups excluding carboxylic acids is 1. The maximum Gasteiger partial charge on any atom is 0.305 e. The van der Waals surface area contributed by atoms with E-state index in [4.69, 9.17) is 14.2 Å². The van der Waals surface area contributed by atoms with Crippen LogP contribution < -0.4 is 4.74 Å². The molecule has 1 saturated heterocycles. The predicted octanol–water partition coefficient (Wildman–Crippen LogP) is 0.0297. The summed E-state index contributed by atoms with van der Waals surface area (Å²) in [6.07, 6.45) is -3.17. The lowest BCUT2D eigenvalue weighted by Crippen LogP contribution is -2.56. The number of hydrogen-bond acceptors (Lipinski definition) is 10. The van der Waals surface area contributed by atoms with Crippen molar-refractivity contribution in [2.45, 2.75) is 56.8 Å². The molecule has 3 rings (SSSR count). The SMILES string of the molecule is CCOC(=O)CCCCOc1ccc(-c2cn([C@H]3O[C@H](CO)[C@@H](O)[C@H](O)[C@@H]3O)nn2)cc1. The lowest BCUT2D eigenvalue weighted by molar-refractivity contribution is -0.254. The van der Waals surface area contributed by atoms with Crippen LogP contribution in [0, 0.1) is 0 Å². The predicted molar refractivity (Wildman–Crippen MR) is 110 cm³/mol. The molecule has 4 N–H and O–H groups in total. The zero-order chi connectivity index (χ0) is 23.1. The Morgan fingerprint density at radius 3 is 2.56 bits per heavy atom. The minimum atomic E-state index is -1.49. The number of esters is 1. The van der Waals surface area contributed by atoms with Crippen LogP contribution in [0.1, 0.15) is 32.4 Å². The first-order chi connectivity index (χ1) is 15.4. The molecule has 0 aliphatic carbocycles. The highest BCUT2D eigenvalue weighted by molar-refractivity contribution is 5.69. The van der Waals surface area contributed by atoms with Crippen molar-refractivity contribution in [3.05, 3.63) is 30.5 Å². The summed E-state index contributed by atoms with van der Waals surface area (Å²) in [5.41, 5.74) is 1.25. The normalized spacial score (nSPS) is 25.5. The second-order valence-electron chi connectivity index (χ2n) is 7.44.